The fraction of sp³-hybridized carbons (Fsp3) is 0.478. The number of aliphatic hydroxyl groups excluding tert-OH is 2. The van der Waals surface area contributed by atoms with Crippen molar-refractivity contribution in [3.8, 4) is 11.5 Å². The van der Waals surface area contributed by atoms with E-state index in [-0.39, 0.29) is 13.2 Å². The highest BCUT2D eigenvalue weighted by molar-refractivity contribution is 5.19. The molecule has 0 aliphatic carbocycles. The molecule has 0 unspecified atom stereocenters. The summed E-state index contributed by atoms with van der Waals surface area (Å²) in [4.78, 5) is 0. The Hall–Kier alpha value is -2.04. The lowest BCUT2D eigenvalue weighted by Crippen LogP contribution is -1.57. The maximum atomic E-state index is 8.63. The third-order valence-corrected chi connectivity index (χ3v) is 1.51. The molecule has 0 radical (unpaired) electrons. The Bertz CT molecular complexity index is 349. The minimum absolute atomic E-state index is 0.250. The molecule has 0 atom stereocenters. The quantitative estimate of drug-likeness (QED) is 0.433. The number of para-hydroxylation sites is 2. The molecule has 0 saturated carbocycles. The molecule has 0 bridgehead atoms. The molecule has 0 heterocycles. The fourth-order valence-electron chi connectivity index (χ4n) is 0.856. The summed E-state index contributed by atoms with van der Waals surface area (Å²) in [6.45, 7) is 16.1. The van der Waals surface area contributed by atoms with Crippen molar-refractivity contribution >= 4 is 0 Å². The van der Waals surface area contributed by atoms with Crippen molar-refractivity contribution in [1.82, 2.24) is 0 Å². The molecule has 2 rings (SSSR count). The number of hydrogen-bond donors (Lipinski definition) is 4. The van der Waals surface area contributed by atoms with E-state index in [2.05, 4.69) is 13.8 Å². The van der Waals surface area contributed by atoms with Gasteiger partial charge in [-0.1, -0.05) is 84.4 Å². The van der Waals surface area contributed by atoms with E-state index in [1.807, 2.05) is 39.8 Å². The Morgan fingerprint density at radius 2 is 0.667 bits per heavy atom. The van der Waals surface area contributed by atoms with Gasteiger partial charge in [-0.05, 0) is 38.1 Å². The first-order chi connectivity index (χ1) is 13.0. The highest BCUT2D eigenvalue weighted by Gasteiger charge is 1.75. The van der Waals surface area contributed by atoms with Gasteiger partial charge in [-0.3, -0.25) is 0 Å². The summed E-state index contributed by atoms with van der Waals surface area (Å²) in [5.74, 6) is 0.644. The third kappa shape index (κ3) is 59.3. The van der Waals surface area contributed by atoms with Crippen LogP contribution < -0.4 is 0 Å². The van der Waals surface area contributed by atoms with Crippen LogP contribution in [0.25, 0.3) is 0 Å². The Labute approximate surface area is 168 Å². The maximum Gasteiger partial charge on any atom is 0.115 e. The maximum absolute atomic E-state index is 8.63. The molecule has 0 aliphatic rings. The Morgan fingerprint density at radius 3 is 0.741 bits per heavy atom. The van der Waals surface area contributed by atoms with Crippen molar-refractivity contribution in [2.24, 2.45) is 0 Å². The summed E-state index contributed by atoms with van der Waals surface area (Å²) in [5, 5.41) is 32.4. The van der Waals surface area contributed by atoms with Gasteiger partial charge in [0, 0.05) is 13.2 Å². The molecule has 4 N–H and O–H groups in total. The summed E-state index contributed by atoms with van der Waals surface area (Å²) >= 11 is 0. The largest absolute Gasteiger partial charge is 0.508 e. The van der Waals surface area contributed by atoms with E-state index in [1.54, 1.807) is 62.4 Å². The number of aliphatic hydroxyl groups is 2. The zero-order valence-corrected chi connectivity index (χ0v) is 18.7. The SMILES string of the molecule is CC.CC.CCC.CCO.CCO.Oc1ccccc1.Oc1ccccc1. The molecule has 0 aliphatic heterocycles. The average molecular weight is 385 g/mol. The summed E-state index contributed by atoms with van der Waals surface area (Å²) in [6.07, 6.45) is 1.25. The minimum atomic E-state index is 0.250. The van der Waals surface area contributed by atoms with Crippen LogP contribution >= 0.6 is 0 Å². The second-order valence-corrected chi connectivity index (χ2v) is 4.01. The van der Waals surface area contributed by atoms with Crippen LogP contribution in [0.2, 0.25) is 0 Å². The molecular weight excluding hydrogens is 340 g/mol. The molecule has 0 saturated heterocycles. The standard InChI is InChI=1S/2C6H6O.C3H8.2C2H6O.2C2H6/c2*7-6-4-2-1-3-5-6;1-3-2;2*1-2-3;2*1-2/h2*1-5,7H;3H2,1-2H3;2*3H,2H2,1H3;2*1-2H3. The lowest BCUT2D eigenvalue weighted by Gasteiger charge is -1.82. The fourth-order valence-corrected chi connectivity index (χ4v) is 0.856. The summed E-state index contributed by atoms with van der Waals surface area (Å²) in [7, 11) is 0. The normalized spacial score (nSPS) is 6.89. The number of benzene rings is 2. The summed E-state index contributed by atoms with van der Waals surface area (Å²) < 4.78 is 0. The number of rotatable bonds is 0. The van der Waals surface area contributed by atoms with Gasteiger partial charge in [0.1, 0.15) is 11.5 Å². The highest BCUT2D eigenvalue weighted by atomic mass is 16.3. The van der Waals surface area contributed by atoms with Crippen molar-refractivity contribution < 1.29 is 20.4 Å². The topological polar surface area (TPSA) is 80.9 Å². The van der Waals surface area contributed by atoms with Crippen molar-refractivity contribution in [1.29, 1.82) is 0 Å². The van der Waals surface area contributed by atoms with Crippen LogP contribution in [0.1, 0.15) is 61.8 Å². The predicted octanol–water partition coefficient (Wildman–Crippen LogP) is 6.25. The summed E-state index contributed by atoms with van der Waals surface area (Å²) in [5.41, 5.74) is 0. The molecular formula is C23H44O4. The smallest absolute Gasteiger partial charge is 0.115 e. The Balaban J connectivity index is -0.0000000755. The number of phenolic OH excluding ortho intramolecular Hbond substituents is 2. The van der Waals surface area contributed by atoms with Crippen LogP contribution in [-0.2, 0) is 0 Å². The Kier molecular flexibility index (Phi) is 58.5. The average Bonchev–Trinajstić information content (AvgIpc) is 2.69. The number of hydrogen-bond acceptors (Lipinski definition) is 4. The lowest BCUT2D eigenvalue weighted by molar-refractivity contribution is 0.318. The van der Waals surface area contributed by atoms with Gasteiger partial charge < -0.3 is 20.4 Å². The number of aromatic hydroxyl groups is 2. The van der Waals surface area contributed by atoms with E-state index in [0.29, 0.717) is 11.5 Å². The van der Waals surface area contributed by atoms with E-state index in [9.17, 15) is 0 Å². The van der Waals surface area contributed by atoms with Gasteiger partial charge in [-0.2, -0.15) is 0 Å². The lowest BCUT2D eigenvalue weighted by atomic mass is 10.3. The molecule has 160 valence electrons. The molecule has 2 aromatic carbocycles. The van der Waals surface area contributed by atoms with Crippen LogP contribution in [0.3, 0.4) is 0 Å². The van der Waals surface area contributed by atoms with Crippen molar-refractivity contribution in [2.45, 2.75) is 61.8 Å². The molecule has 2 aromatic rings. The van der Waals surface area contributed by atoms with Crippen molar-refractivity contribution in [3.05, 3.63) is 60.7 Å². The van der Waals surface area contributed by atoms with E-state index in [4.69, 9.17) is 20.4 Å². The number of phenols is 2. The van der Waals surface area contributed by atoms with E-state index in [1.165, 1.54) is 6.42 Å². The summed E-state index contributed by atoms with van der Waals surface area (Å²) in [6, 6.07) is 17.4. The van der Waals surface area contributed by atoms with E-state index < -0.39 is 0 Å². The first-order valence-electron chi connectivity index (χ1n) is 9.73. The highest BCUT2D eigenvalue weighted by Crippen LogP contribution is 2.03. The van der Waals surface area contributed by atoms with Gasteiger partial charge in [0.2, 0.25) is 0 Å². The van der Waals surface area contributed by atoms with E-state index >= 15 is 0 Å². The third-order valence-electron chi connectivity index (χ3n) is 1.51. The second kappa shape index (κ2) is 43.9. The van der Waals surface area contributed by atoms with Crippen LogP contribution in [-0.4, -0.2) is 33.6 Å². The van der Waals surface area contributed by atoms with E-state index in [0.717, 1.165) is 0 Å². The molecule has 0 aromatic heterocycles. The first-order valence-corrected chi connectivity index (χ1v) is 9.73. The second-order valence-electron chi connectivity index (χ2n) is 4.01. The zero-order valence-electron chi connectivity index (χ0n) is 18.7. The molecule has 27 heavy (non-hydrogen) atoms. The van der Waals surface area contributed by atoms with Crippen molar-refractivity contribution in [2.75, 3.05) is 13.2 Å². The van der Waals surface area contributed by atoms with Gasteiger partial charge in [-0.15, -0.1) is 0 Å². The Morgan fingerprint density at radius 1 is 0.519 bits per heavy atom. The van der Waals surface area contributed by atoms with Gasteiger partial charge in [0.05, 0.1) is 0 Å². The first kappa shape index (κ1) is 36.0. The van der Waals surface area contributed by atoms with Crippen LogP contribution in [0.4, 0.5) is 0 Å². The minimum Gasteiger partial charge on any atom is -0.508 e. The molecule has 4 heteroatoms. The van der Waals surface area contributed by atoms with Crippen LogP contribution in [0, 0.1) is 0 Å². The van der Waals surface area contributed by atoms with Crippen LogP contribution in [0.15, 0.2) is 60.7 Å². The molecule has 0 spiro atoms. The van der Waals surface area contributed by atoms with Gasteiger partial charge in [0.25, 0.3) is 0 Å². The van der Waals surface area contributed by atoms with Gasteiger partial charge in [0.15, 0.2) is 0 Å². The molecule has 0 amide bonds. The van der Waals surface area contributed by atoms with Crippen molar-refractivity contribution in [3.63, 3.8) is 0 Å². The predicted molar refractivity (Wildman–Crippen MR) is 120 cm³/mol. The van der Waals surface area contributed by atoms with Crippen LogP contribution in [0.5, 0.6) is 11.5 Å². The molecule has 0 fully saturated rings. The van der Waals surface area contributed by atoms with Gasteiger partial charge >= 0.3 is 0 Å². The molecule has 4 nitrogen and oxygen atoms in total. The monoisotopic (exact) mass is 384 g/mol. The zero-order chi connectivity index (χ0) is 22.3. The van der Waals surface area contributed by atoms with Gasteiger partial charge in [-0.25, -0.2) is 0 Å².